The zero-order valence-electron chi connectivity index (χ0n) is 34.6. The molecule has 3 unspecified atom stereocenters. The Morgan fingerprint density at radius 1 is 0.571 bits per heavy atom. The smallest absolute Gasteiger partial charge is 0.0771 e. The van der Waals surface area contributed by atoms with Crippen molar-refractivity contribution in [3.8, 4) is 22.3 Å². The number of thioether (sulfide) groups is 1. The van der Waals surface area contributed by atoms with Gasteiger partial charge in [0.1, 0.15) is 0 Å². The second-order valence-electron chi connectivity index (χ2n) is 17.7. The highest BCUT2D eigenvalue weighted by Gasteiger charge is 2.52. The van der Waals surface area contributed by atoms with Crippen molar-refractivity contribution in [3.63, 3.8) is 0 Å². The molecule has 1 fully saturated rings. The van der Waals surface area contributed by atoms with Gasteiger partial charge >= 0.3 is 0 Å². The highest BCUT2D eigenvalue weighted by Crippen LogP contribution is 2.66. The van der Waals surface area contributed by atoms with Crippen molar-refractivity contribution < 1.29 is 0 Å². The van der Waals surface area contributed by atoms with Gasteiger partial charge < -0.3 is 9.80 Å². The molecule has 1 spiro atoms. The number of benzene rings is 7. The van der Waals surface area contributed by atoms with Crippen LogP contribution in [0.4, 0.5) is 22.7 Å². The quantitative estimate of drug-likeness (QED) is 0.170. The average Bonchev–Trinajstić information content (AvgIpc) is 4.14. The molecule has 8 aromatic rings. The Labute approximate surface area is 376 Å². The summed E-state index contributed by atoms with van der Waals surface area (Å²) in [5.74, 6) is 0.346. The Kier molecular flexibility index (Phi) is 7.82. The van der Waals surface area contributed by atoms with Gasteiger partial charge in [-0.05, 0) is 123 Å². The first-order chi connectivity index (χ1) is 31.3. The summed E-state index contributed by atoms with van der Waals surface area (Å²) in [5, 5.41) is 1.78. The number of hydrogen-bond acceptors (Lipinski definition) is 4. The van der Waals surface area contributed by atoms with Gasteiger partial charge in [0.2, 0.25) is 0 Å². The lowest BCUT2D eigenvalue weighted by molar-refractivity contribution is 0.793. The first-order valence-electron chi connectivity index (χ1n) is 22.4. The Bertz CT molecular complexity index is 3270. The normalized spacial score (nSPS) is 20.3. The summed E-state index contributed by atoms with van der Waals surface area (Å²) in [6.07, 6.45) is 15.4. The Morgan fingerprint density at radius 3 is 1.92 bits per heavy atom. The van der Waals surface area contributed by atoms with E-state index >= 15 is 0 Å². The minimum absolute atomic E-state index is 0.306. The van der Waals surface area contributed by atoms with Crippen molar-refractivity contribution in [2.75, 3.05) is 9.80 Å². The minimum atomic E-state index is -0.409. The first-order valence-corrected chi connectivity index (χ1v) is 24.1. The molecular formula is C59H42N2S2. The summed E-state index contributed by atoms with van der Waals surface area (Å²) in [4.78, 5) is 8.20. The molecule has 0 amide bonds. The van der Waals surface area contributed by atoms with Crippen molar-refractivity contribution in [3.05, 3.63) is 249 Å². The maximum Gasteiger partial charge on any atom is 0.0771 e. The number of fused-ring (bicyclic) bond motifs is 17. The monoisotopic (exact) mass is 842 g/mol. The van der Waals surface area contributed by atoms with E-state index in [1.807, 2.05) is 11.3 Å². The average molecular weight is 843 g/mol. The van der Waals surface area contributed by atoms with E-state index in [9.17, 15) is 0 Å². The van der Waals surface area contributed by atoms with E-state index in [0.29, 0.717) is 17.2 Å². The first kappa shape index (κ1) is 35.9. The largest absolute Gasteiger partial charge is 0.331 e. The molecule has 0 N–H and O–H groups in total. The third kappa shape index (κ3) is 5.02. The number of thiophene rings is 1. The Morgan fingerprint density at radius 2 is 1.21 bits per heavy atom. The van der Waals surface area contributed by atoms with Crippen LogP contribution in [0.2, 0.25) is 0 Å². The third-order valence-corrected chi connectivity index (χ3v) is 17.4. The van der Waals surface area contributed by atoms with Crippen LogP contribution in [-0.2, 0) is 5.41 Å². The number of anilines is 4. The predicted molar refractivity (Wildman–Crippen MR) is 266 cm³/mol. The van der Waals surface area contributed by atoms with Crippen LogP contribution in [0.5, 0.6) is 0 Å². The van der Waals surface area contributed by atoms with E-state index in [2.05, 4.69) is 222 Å². The van der Waals surface area contributed by atoms with Gasteiger partial charge in [0.15, 0.2) is 0 Å². The molecule has 4 aliphatic carbocycles. The molecule has 2 aliphatic heterocycles. The molecule has 2 nitrogen and oxygen atoms in total. The topological polar surface area (TPSA) is 6.48 Å². The van der Waals surface area contributed by atoms with Gasteiger partial charge in [-0.25, -0.2) is 0 Å². The van der Waals surface area contributed by atoms with Gasteiger partial charge in [-0.1, -0.05) is 152 Å². The third-order valence-electron chi connectivity index (χ3n) is 14.6. The predicted octanol–water partition coefficient (Wildman–Crippen LogP) is 15.9. The number of rotatable bonds is 5. The van der Waals surface area contributed by atoms with Crippen LogP contribution in [0.25, 0.3) is 32.3 Å². The number of hydrogen-bond donors (Lipinski definition) is 0. The molecule has 0 radical (unpaired) electrons. The van der Waals surface area contributed by atoms with Crippen LogP contribution in [-0.4, -0.2) is 6.04 Å². The maximum absolute atomic E-state index is 2.69. The van der Waals surface area contributed by atoms with Crippen molar-refractivity contribution >= 4 is 55.9 Å². The van der Waals surface area contributed by atoms with Gasteiger partial charge in [0.05, 0.1) is 22.4 Å². The molecule has 3 heterocycles. The van der Waals surface area contributed by atoms with Crippen molar-refractivity contribution in [1.29, 1.82) is 0 Å². The van der Waals surface area contributed by atoms with E-state index in [4.69, 9.17) is 0 Å². The molecule has 3 atom stereocenters. The summed E-state index contributed by atoms with van der Waals surface area (Å²) in [7, 11) is 0. The lowest BCUT2D eigenvalue weighted by Gasteiger charge is -2.33. The molecule has 63 heavy (non-hydrogen) atoms. The molecule has 6 aliphatic rings. The Hall–Kier alpha value is -6.59. The molecule has 7 aromatic carbocycles. The standard InChI is InChI=1S/C59H42N2S2/c1-2-14-37(15-3-1)38-26-28-39(29-27-38)60(40-30-32-41(33-31-40)61-55-47-19-7-12-24-53(47)62-57(55)58-56(61)48-20-8-13-25-54(48)63-58)42-34-35-46-45-18-6-11-23-51(45)59(52(46)36-42)49-21-9-4-16-43(49)44-17-5-10-22-50(44)59/h1-7,9-12,14-26,28-36,38,56,58H,8,13,27H2. The summed E-state index contributed by atoms with van der Waals surface area (Å²) in [6, 6.07) is 64.4. The van der Waals surface area contributed by atoms with Crippen molar-refractivity contribution in [1.82, 2.24) is 0 Å². The van der Waals surface area contributed by atoms with Crippen LogP contribution in [0.15, 0.2) is 216 Å². The fourth-order valence-electron chi connectivity index (χ4n) is 12.0. The molecule has 4 heteroatoms. The van der Waals surface area contributed by atoms with Crippen molar-refractivity contribution in [2.24, 2.45) is 0 Å². The highest BCUT2D eigenvalue weighted by molar-refractivity contribution is 8.04. The van der Waals surface area contributed by atoms with Crippen LogP contribution in [0, 0.1) is 0 Å². The second-order valence-corrected chi connectivity index (χ2v) is 19.9. The van der Waals surface area contributed by atoms with E-state index in [0.717, 1.165) is 24.9 Å². The summed E-state index contributed by atoms with van der Waals surface area (Å²) >= 11 is 4.08. The van der Waals surface area contributed by atoms with Gasteiger partial charge in [0.25, 0.3) is 0 Å². The number of nitrogens with zero attached hydrogens (tertiary/aromatic N) is 2. The van der Waals surface area contributed by atoms with Gasteiger partial charge in [-0.3, -0.25) is 0 Å². The van der Waals surface area contributed by atoms with Crippen LogP contribution < -0.4 is 9.80 Å². The SMILES string of the molecule is C1=CC(c2ccccc2)CC=C1N(c1ccc(N2c3c(sc4ccccc34)C3SC4=CCCC=C4C32)cc1)c1ccc2c(c1)C1(c3ccccc3-c3ccccc31)c1ccccc1-2. The minimum Gasteiger partial charge on any atom is -0.331 e. The molecule has 300 valence electrons. The summed E-state index contributed by atoms with van der Waals surface area (Å²) in [6.45, 7) is 0. The zero-order valence-corrected chi connectivity index (χ0v) is 36.2. The molecule has 14 rings (SSSR count). The maximum atomic E-state index is 2.69. The molecule has 1 aromatic heterocycles. The van der Waals surface area contributed by atoms with Gasteiger partial charge in [-0.15, -0.1) is 23.1 Å². The van der Waals surface area contributed by atoms with Crippen LogP contribution in [0.3, 0.4) is 0 Å². The van der Waals surface area contributed by atoms with Crippen LogP contribution in [0.1, 0.15) is 63.1 Å². The fourth-order valence-corrected chi connectivity index (χ4v) is 14.9. The zero-order chi connectivity index (χ0) is 41.2. The Balaban J connectivity index is 0.933. The fraction of sp³-hybridized carbons (Fsp3) is 0.119. The second kappa shape index (κ2) is 13.7. The highest BCUT2D eigenvalue weighted by atomic mass is 32.2. The van der Waals surface area contributed by atoms with Crippen LogP contribution >= 0.6 is 23.1 Å². The van der Waals surface area contributed by atoms with Gasteiger partial charge in [-0.2, -0.15) is 0 Å². The molecule has 0 saturated carbocycles. The lowest BCUT2D eigenvalue weighted by atomic mass is 9.70. The summed E-state index contributed by atoms with van der Waals surface area (Å²) < 4.78 is 1.38. The molecule has 1 saturated heterocycles. The molecular weight excluding hydrogens is 801 g/mol. The lowest BCUT2D eigenvalue weighted by Crippen LogP contribution is -2.29. The van der Waals surface area contributed by atoms with E-state index < -0.39 is 5.41 Å². The number of allylic oxidation sites excluding steroid dienone is 5. The van der Waals surface area contributed by atoms with Gasteiger partial charge in [0, 0.05) is 48.5 Å². The van der Waals surface area contributed by atoms with E-state index in [-0.39, 0.29) is 0 Å². The molecule has 0 bridgehead atoms. The van der Waals surface area contributed by atoms with Crippen molar-refractivity contribution in [2.45, 2.75) is 41.9 Å². The van der Waals surface area contributed by atoms with E-state index in [1.165, 1.54) is 98.3 Å². The van der Waals surface area contributed by atoms with E-state index in [1.54, 1.807) is 0 Å². The summed E-state index contributed by atoms with van der Waals surface area (Å²) in [5.41, 5.74) is 19.4.